The van der Waals surface area contributed by atoms with Crippen molar-refractivity contribution in [3.63, 3.8) is 0 Å². The van der Waals surface area contributed by atoms with Gasteiger partial charge in [-0.1, -0.05) is 12.5 Å². The summed E-state index contributed by atoms with van der Waals surface area (Å²) in [7, 11) is -3.54. The molecule has 9 nitrogen and oxygen atoms in total. The van der Waals surface area contributed by atoms with E-state index in [1.54, 1.807) is 12.1 Å². The maximum Gasteiger partial charge on any atom is 0.344 e. The Morgan fingerprint density at radius 2 is 1.94 bits per heavy atom. The van der Waals surface area contributed by atoms with Crippen LogP contribution in [0.5, 0.6) is 5.75 Å². The van der Waals surface area contributed by atoms with Gasteiger partial charge in [0, 0.05) is 12.6 Å². The number of hydrogen-bond donors (Lipinski definition) is 3. The summed E-state index contributed by atoms with van der Waals surface area (Å²) in [6.45, 7) is 0.803. The van der Waals surface area contributed by atoms with Crippen molar-refractivity contribution in [2.24, 2.45) is 11.8 Å². The Bertz CT molecular complexity index is 1150. The second-order valence-electron chi connectivity index (χ2n) is 8.78. The number of hydrogen-bond acceptors (Lipinski definition) is 5. The first-order valence-corrected chi connectivity index (χ1v) is 12.8. The molecule has 2 fully saturated rings. The first-order valence-electron chi connectivity index (χ1n) is 11.1. The molecule has 2 aromatic rings. The van der Waals surface area contributed by atoms with Crippen LogP contribution in [0.15, 0.2) is 27.8 Å². The molecule has 2 aliphatic carbocycles. The zero-order valence-electron chi connectivity index (χ0n) is 17.8. The fraction of sp³-hybridized carbons (Fsp3) is 0.619. The number of ether oxygens (including phenoxy) is 1. The summed E-state index contributed by atoms with van der Waals surface area (Å²) < 4.78 is 49.1. The number of unbranched alkanes of at least 4 members (excludes halogenated alkanes) is 2. The minimum absolute atomic E-state index is 0.0407. The van der Waals surface area contributed by atoms with E-state index in [2.05, 4.69) is 14.8 Å². The highest BCUT2D eigenvalue weighted by molar-refractivity contribution is 7.89. The van der Waals surface area contributed by atoms with Crippen molar-refractivity contribution in [2.75, 3.05) is 12.4 Å². The van der Waals surface area contributed by atoms with E-state index in [1.165, 1.54) is 10.7 Å². The van der Waals surface area contributed by atoms with Crippen LogP contribution in [-0.4, -0.2) is 35.5 Å². The molecule has 0 unspecified atom stereocenters. The summed E-state index contributed by atoms with van der Waals surface area (Å²) in [5.41, 5.74) is -0.342. The molecular formula is C21H29FN4O5S. The summed E-state index contributed by atoms with van der Waals surface area (Å²) in [5, 5.41) is 2.37. The lowest BCUT2D eigenvalue weighted by atomic mass is 10.0. The molecule has 32 heavy (non-hydrogen) atoms. The number of aryl methyl sites for hydroxylation is 1. The molecule has 1 atom stereocenters. The average Bonchev–Trinajstić information content (AvgIpc) is 3.65. The van der Waals surface area contributed by atoms with E-state index in [1.807, 2.05) is 0 Å². The zero-order chi connectivity index (χ0) is 22.7. The molecule has 176 valence electrons. The van der Waals surface area contributed by atoms with Gasteiger partial charge >= 0.3 is 11.4 Å². The van der Waals surface area contributed by atoms with E-state index in [-0.39, 0.29) is 17.4 Å². The predicted octanol–water partition coefficient (Wildman–Crippen LogP) is 2.03. The lowest BCUT2D eigenvalue weighted by Crippen LogP contribution is -2.32. The molecule has 0 radical (unpaired) electrons. The third-order valence-corrected chi connectivity index (χ3v) is 7.32. The zero-order valence-corrected chi connectivity index (χ0v) is 18.6. The number of aromatic nitrogens is 3. The first-order chi connectivity index (χ1) is 15.3. The van der Waals surface area contributed by atoms with Gasteiger partial charge in [0.2, 0.25) is 10.0 Å². The Morgan fingerprint density at radius 3 is 2.59 bits per heavy atom. The van der Waals surface area contributed by atoms with Crippen LogP contribution in [0, 0.1) is 17.7 Å². The maximum absolute atomic E-state index is 14.1. The highest BCUT2D eigenvalue weighted by atomic mass is 32.2. The molecule has 1 aromatic carbocycles. The lowest BCUT2D eigenvalue weighted by Gasteiger charge is -2.20. The second kappa shape index (κ2) is 9.62. The van der Waals surface area contributed by atoms with Gasteiger partial charge in [-0.2, -0.15) is 0 Å². The highest BCUT2D eigenvalue weighted by Gasteiger charge is 2.35. The van der Waals surface area contributed by atoms with Crippen LogP contribution >= 0.6 is 0 Å². The molecular weight excluding hydrogens is 439 g/mol. The van der Waals surface area contributed by atoms with Crippen LogP contribution in [0.1, 0.15) is 56.6 Å². The van der Waals surface area contributed by atoms with E-state index in [0.29, 0.717) is 38.3 Å². The van der Waals surface area contributed by atoms with Crippen molar-refractivity contribution in [2.45, 2.75) is 57.5 Å². The minimum Gasteiger partial charge on any atom is -0.490 e. The molecule has 1 heterocycles. The van der Waals surface area contributed by atoms with Crippen LogP contribution in [0.25, 0.3) is 0 Å². The Morgan fingerprint density at radius 1 is 1.16 bits per heavy atom. The SMILES string of the molecule is O=c1[nH]c(=O)n(CCCCCS(=O)(=O)N[C@@H](c2ccc(F)c(OCC3CC3)c2)C2CC2)[nH]1. The number of nitrogens with one attached hydrogen (secondary N) is 3. The molecule has 1 aromatic heterocycles. The standard InChI is InChI=1S/C21H29FN4O5S/c22-17-9-8-16(12-18(17)31-13-14-4-5-14)19(15-6-7-15)25-32(29,30)11-3-1-2-10-26-21(28)23-20(27)24-26/h8-9,12,14-15,19,25H,1-7,10-11,13H2,(H2,23,24,27,28)/t19-/m1/s1. The quantitative estimate of drug-likeness (QED) is 0.388. The van der Waals surface area contributed by atoms with Gasteiger partial charge in [-0.3, -0.25) is 4.98 Å². The van der Waals surface area contributed by atoms with Gasteiger partial charge in [0.05, 0.1) is 12.4 Å². The van der Waals surface area contributed by atoms with Crippen LogP contribution in [0.3, 0.4) is 0 Å². The van der Waals surface area contributed by atoms with Crippen LogP contribution in [0.2, 0.25) is 0 Å². The molecule has 0 amide bonds. The molecule has 0 aliphatic heterocycles. The van der Waals surface area contributed by atoms with Gasteiger partial charge in [0.15, 0.2) is 11.6 Å². The van der Waals surface area contributed by atoms with Gasteiger partial charge in [0.1, 0.15) is 0 Å². The number of aromatic amines is 2. The summed E-state index contributed by atoms with van der Waals surface area (Å²) in [6.07, 6.45) is 5.63. The number of rotatable bonds is 13. The molecule has 0 bridgehead atoms. The fourth-order valence-corrected chi connectivity index (χ4v) is 5.11. The van der Waals surface area contributed by atoms with Gasteiger partial charge in [-0.05, 0) is 68.1 Å². The summed E-state index contributed by atoms with van der Waals surface area (Å²) in [6, 6.07) is 4.19. The molecule has 0 saturated heterocycles. The van der Waals surface area contributed by atoms with Crippen molar-refractivity contribution in [3.8, 4) is 5.75 Å². The van der Waals surface area contributed by atoms with E-state index >= 15 is 0 Å². The Kier molecular flexibility index (Phi) is 6.85. The number of benzene rings is 1. The lowest BCUT2D eigenvalue weighted by molar-refractivity contribution is 0.284. The number of nitrogens with zero attached hydrogens (tertiary/aromatic N) is 1. The van der Waals surface area contributed by atoms with Crippen LogP contribution in [0.4, 0.5) is 4.39 Å². The Hall–Kier alpha value is -2.40. The van der Waals surface area contributed by atoms with Crippen molar-refractivity contribution < 1.29 is 17.5 Å². The van der Waals surface area contributed by atoms with Crippen molar-refractivity contribution >= 4 is 10.0 Å². The van der Waals surface area contributed by atoms with Crippen molar-refractivity contribution in [3.05, 3.63) is 50.5 Å². The van der Waals surface area contributed by atoms with E-state index < -0.39 is 33.3 Å². The predicted molar refractivity (Wildman–Crippen MR) is 117 cm³/mol. The molecule has 4 rings (SSSR count). The topological polar surface area (TPSA) is 126 Å². The monoisotopic (exact) mass is 468 g/mol. The van der Waals surface area contributed by atoms with Gasteiger partial charge < -0.3 is 4.74 Å². The number of H-pyrrole nitrogens is 2. The van der Waals surface area contributed by atoms with E-state index in [4.69, 9.17) is 4.74 Å². The average molecular weight is 469 g/mol. The van der Waals surface area contributed by atoms with Gasteiger partial charge in [0.25, 0.3) is 0 Å². The number of sulfonamides is 1. The van der Waals surface area contributed by atoms with Crippen molar-refractivity contribution in [1.82, 2.24) is 19.5 Å². The minimum atomic E-state index is -3.54. The molecule has 11 heteroatoms. The highest BCUT2D eigenvalue weighted by Crippen LogP contribution is 2.42. The molecule has 0 spiro atoms. The second-order valence-corrected chi connectivity index (χ2v) is 10.7. The summed E-state index contributed by atoms with van der Waals surface area (Å²) >= 11 is 0. The van der Waals surface area contributed by atoms with Gasteiger partial charge in [-0.25, -0.2) is 36.9 Å². The fourth-order valence-electron chi connectivity index (χ4n) is 3.70. The van der Waals surface area contributed by atoms with Crippen LogP contribution < -0.4 is 20.8 Å². The van der Waals surface area contributed by atoms with Crippen molar-refractivity contribution in [1.29, 1.82) is 0 Å². The third-order valence-electron chi connectivity index (χ3n) is 5.88. The van der Waals surface area contributed by atoms with Crippen LogP contribution in [-0.2, 0) is 16.6 Å². The first kappa shape index (κ1) is 22.8. The van der Waals surface area contributed by atoms with Gasteiger partial charge in [-0.15, -0.1) is 0 Å². The Labute approximate surface area is 185 Å². The maximum atomic E-state index is 14.1. The third kappa shape index (κ3) is 6.32. The summed E-state index contributed by atoms with van der Waals surface area (Å²) in [5.74, 6) is 0.392. The largest absolute Gasteiger partial charge is 0.490 e. The molecule has 3 N–H and O–H groups in total. The normalized spacial score (nSPS) is 17.4. The molecule has 2 saturated carbocycles. The number of halogens is 1. The van der Waals surface area contributed by atoms with E-state index in [9.17, 15) is 22.4 Å². The smallest absolute Gasteiger partial charge is 0.344 e. The Balaban J connectivity index is 1.31. The molecule has 2 aliphatic rings. The summed E-state index contributed by atoms with van der Waals surface area (Å²) in [4.78, 5) is 24.6. The van der Waals surface area contributed by atoms with E-state index in [0.717, 1.165) is 31.2 Å².